The van der Waals surface area contributed by atoms with E-state index < -0.39 is 6.04 Å². The third kappa shape index (κ3) is 6.44. The molecule has 180 valence electrons. The number of thioether (sulfide) groups is 1. The third-order valence-corrected chi connectivity index (χ3v) is 7.40. The van der Waals surface area contributed by atoms with E-state index in [0.29, 0.717) is 33.1 Å². The molecule has 3 rings (SSSR count). The molecule has 0 aliphatic carbocycles. The predicted octanol–water partition coefficient (Wildman–Crippen LogP) is 6.05. The molecule has 0 spiro atoms. The van der Waals surface area contributed by atoms with Gasteiger partial charge in [0.25, 0.3) is 5.91 Å². The Morgan fingerprint density at radius 1 is 1.12 bits per heavy atom. The number of benzene rings is 2. The number of hydrogen-bond acceptors (Lipinski definition) is 5. The van der Waals surface area contributed by atoms with Crippen molar-refractivity contribution in [1.82, 2.24) is 20.1 Å². The maximum Gasteiger partial charge on any atom is 0.251 e. The van der Waals surface area contributed by atoms with Crippen LogP contribution in [0.15, 0.2) is 35.5 Å². The van der Waals surface area contributed by atoms with E-state index in [1.807, 2.05) is 44.4 Å². The molecule has 0 radical (unpaired) electrons. The van der Waals surface area contributed by atoms with Crippen molar-refractivity contribution < 1.29 is 9.59 Å². The molecule has 0 aliphatic rings. The van der Waals surface area contributed by atoms with Crippen LogP contribution in [-0.4, -0.2) is 32.3 Å². The Labute approximate surface area is 226 Å². The minimum Gasteiger partial charge on any atom is -0.342 e. The average molecular weight is 632 g/mol. The fraction of sp³-hybridized carbons (Fsp3) is 0.304. The highest BCUT2D eigenvalue weighted by Gasteiger charge is 2.21. The lowest BCUT2D eigenvalue weighted by Crippen LogP contribution is -2.28. The summed E-state index contributed by atoms with van der Waals surface area (Å²) in [6.45, 7) is 8.34. The number of hydrogen-bond donors (Lipinski definition) is 2. The molecule has 34 heavy (non-hydrogen) atoms. The number of amides is 2. The van der Waals surface area contributed by atoms with Crippen molar-refractivity contribution in [2.75, 3.05) is 11.1 Å². The first-order valence-electron chi connectivity index (χ1n) is 10.5. The normalized spacial score (nSPS) is 11.9. The van der Waals surface area contributed by atoms with Crippen LogP contribution in [0.1, 0.15) is 47.2 Å². The Balaban J connectivity index is 1.66. The summed E-state index contributed by atoms with van der Waals surface area (Å²) < 4.78 is 3.02. The predicted molar refractivity (Wildman–Crippen MR) is 146 cm³/mol. The second kappa shape index (κ2) is 11.7. The van der Waals surface area contributed by atoms with Crippen molar-refractivity contribution in [2.45, 2.75) is 45.4 Å². The van der Waals surface area contributed by atoms with Crippen LogP contribution in [0.2, 0.25) is 10.0 Å². The van der Waals surface area contributed by atoms with E-state index in [0.717, 1.165) is 20.4 Å². The monoisotopic (exact) mass is 631 g/mol. The van der Waals surface area contributed by atoms with E-state index in [9.17, 15) is 9.59 Å². The number of aromatic nitrogens is 3. The van der Waals surface area contributed by atoms with Gasteiger partial charge in [-0.05, 0) is 91.7 Å². The summed E-state index contributed by atoms with van der Waals surface area (Å²) in [6, 6.07) is 8.37. The molecule has 0 aliphatic heterocycles. The van der Waals surface area contributed by atoms with Crippen LogP contribution in [0.3, 0.4) is 0 Å². The van der Waals surface area contributed by atoms with Crippen LogP contribution < -0.4 is 10.6 Å². The summed E-state index contributed by atoms with van der Waals surface area (Å²) >= 11 is 15.5. The van der Waals surface area contributed by atoms with E-state index in [1.54, 1.807) is 12.1 Å². The number of anilines is 1. The van der Waals surface area contributed by atoms with Gasteiger partial charge in [-0.15, -0.1) is 10.2 Å². The Morgan fingerprint density at radius 3 is 2.41 bits per heavy atom. The van der Waals surface area contributed by atoms with Gasteiger partial charge in [0.2, 0.25) is 5.91 Å². The molecule has 2 aromatic carbocycles. The lowest BCUT2D eigenvalue weighted by Gasteiger charge is -2.15. The molecule has 0 fully saturated rings. The standard InChI is InChI=1S/C23H24Cl2IN5O2S/c1-5-31-21(14(4)27-22(33)15-6-7-17(24)18(25)10-15)29-30-23(31)34-11-19(32)28-20-12(2)8-16(26)9-13(20)3/h6-10,14H,5,11H2,1-4H3,(H,27,33)(H,28,32)/t14-/m1/s1. The number of rotatable bonds is 8. The van der Waals surface area contributed by atoms with Crippen LogP contribution in [0.4, 0.5) is 5.69 Å². The molecule has 1 aromatic heterocycles. The zero-order valence-electron chi connectivity index (χ0n) is 19.1. The van der Waals surface area contributed by atoms with Crippen LogP contribution >= 0.6 is 57.6 Å². The van der Waals surface area contributed by atoms with Gasteiger partial charge in [0.15, 0.2) is 11.0 Å². The smallest absolute Gasteiger partial charge is 0.251 e. The van der Waals surface area contributed by atoms with E-state index >= 15 is 0 Å². The minimum absolute atomic E-state index is 0.120. The average Bonchev–Trinajstić information content (AvgIpc) is 3.19. The third-order valence-electron chi connectivity index (χ3n) is 5.07. The van der Waals surface area contributed by atoms with Gasteiger partial charge in [-0.1, -0.05) is 35.0 Å². The Kier molecular flexibility index (Phi) is 9.25. The van der Waals surface area contributed by atoms with Crippen molar-refractivity contribution >= 4 is 75.1 Å². The molecule has 7 nitrogen and oxygen atoms in total. The zero-order chi connectivity index (χ0) is 25.0. The van der Waals surface area contributed by atoms with Crippen molar-refractivity contribution in [3.63, 3.8) is 0 Å². The van der Waals surface area contributed by atoms with E-state index in [-0.39, 0.29) is 17.6 Å². The van der Waals surface area contributed by atoms with Crippen LogP contribution in [0.25, 0.3) is 0 Å². The molecule has 3 aromatic rings. The van der Waals surface area contributed by atoms with E-state index in [2.05, 4.69) is 43.4 Å². The van der Waals surface area contributed by atoms with Crippen LogP contribution in [0.5, 0.6) is 0 Å². The van der Waals surface area contributed by atoms with Crippen LogP contribution in [0, 0.1) is 17.4 Å². The van der Waals surface area contributed by atoms with Gasteiger partial charge < -0.3 is 15.2 Å². The minimum atomic E-state index is -0.408. The van der Waals surface area contributed by atoms with Crippen molar-refractivity contribution in [3.05, 3.63) is 66.5 Å². The van der Waals surface area contributed by atoms with Gasteiger partial charge in [-0.2, -0.15) is 0 Å². The number of nitrogens with zero attached hydrogens (tertiary/aromatic N) is 3. The summed E-state index contributed by atoms with van der Waals surface area (Å²) in [4.78, 5) is 25.2. The van der Waals surface area contributed by atoms with Crippen molar-refractivity contribution in [1.29, 1.82) is 0 Å². The lowest BCUT2D eigenvalue weighted by molar-refractivity contribution is -0.113. The molecule has 0 bridgehead atoms. The van der Waals surface area contributed by atoms with E-state index in [4.69, 9.17) is 23.2 Å². The zero-order valence-corrected chi connectivity index (χ0v) is 23.6. The van der Waals surface area contributed by atoms with Crippen LogP contribution in [-0.2, 0) is 11.3 Å². The Bertz CT molecular complexity index is 1210. The molecular formula is C23H24Cl2IN5O2S. The highest BCUT2D eigenvalue weighted by Crippen LogP contribution is 2.26. The SMILES string of the molecule is CCn1c(SCC(=O)Nc2c(C)cc(I)cc2C)nnc1[C@@H](C)NC(=O)c1ccc(Cl)c(Cl)c1. The van der Waals surface area contributed by atoms with Gasteiger partial charge >= 0.3 is 0 Å². The summed E-state index contributed by atoms with van der Waals surface area (Å²) in [5, 5.41) is 15.7. The molecule has 11 heteroatoms. The maximum absolute atomic E-state index is 12.6. The second-order valence-electron chi connectivity index (χ2n) is 7.66. The van der Waals surface area contributed by atoms with Gasteiger partial charge in [0, 0.05) is 21.4 Å². The number of carbonyl (C=O) groups is 2. The lowest BCUT2D eigenvalue weighted by atomic mass is 10.1. The molecule has 1 atom stereocenters. The summed E-state index contributed by atoms with van der Waals surface area (Å²) in [7, 11) is 0. The number of halogens is 3. The molecular weight excluding hydrogens is 608 g/mol. The fourth-order valence-electron chi connectivity index (χ4n) is 3.42. The quantitative estimate of drug-likeness (QED) is 0.233. The highest BCUT2D eigenvalue weighted by atomic mass is 127. The molecule has 2 N–H and O–H groups in total. The van der Waals surface area contributed by atoms with Crippen molar-refractivity contribution in [3.8, 4) is 0 Å². The molecule has 1 heterocycles. The first kappa shape index (κ1) is 26.8. The Morgan fingerprint density at radius 2 is 1.79 bits per heavy atom. The summed E-state index contributed by atoms with van der Waals surface area (Å²) in [6.07, 6.45) is 0. The summed E-state index contributed by atoms with van der Waals surface area (Å²) in [5.41, 5.74) is 3.28. The molecule has 0 saturated carbocycles. The van der Waals surface area contributed by atoms with Gasteiger partial charge in [-0.25, -0.2) is 0 Å². The van der Waals surface area contributed by atoms with Gasteiger partial charge in [0.1, 0.15) is 0 Å². The first-order chi connectivity index (χ1) is 16.1. The van der Waals surface area contributed by atoms with Gasteiger partial charge in [-0.3, -0.25) is 9.59 Å². The maximum atomic E-state index is 12.6. The molecule has 0 saturated heterocycles. The molecule has 0 unspecified atom stereocenters. The number of aryl methyl sites for hydroxylation is 2. The van der Waals surface area contributed by atoms with Crippen molar-refractivity contribution in [2.24, 2.45) is 0 Å². The number of carbonyl (C=O) groups excluding carboxylic acids is 2. The number of nitrogens with one attached hydrogen (secondary N) is 2. The molecule has 2 amide bonds. The highest BCUT2D eigenvalue weighted by molar-refractivity contribution is 14.1. The topological polar surface area (TPSA) is 88.9 Å². The fourth-order valence-corrected chi connectivity index (χ4v) is 5.46. The van der Waals surface area contributed by atoms with E-state index in [1.165, 1.54) is 17.8 Å². The van der Waals surface area contributed by atoms with Gasteiger partial charge in [0.05, 0.1) is 21.8 Å². The largest absolute Gasteiger partial charge is 0.342 e. The second-order valence-corrected chi connectivity index (χ2v) is 10.7. The Hall–Kier alpha value is -1.82. The summed E-state index contributed by atoms with van der Waals surface area (Å²) in [5.74, 6) is 0.370. The first-order valence-corrected chi connectivity index (χ1v) is 13.3.